The number of thioether (sulfide) groups is 1. The Hall–Kier alpha value is -0.750. The quantitative estimate of drug-likeness (QED) is 0.640. The first-order valence-corrected chi connectivity index (χ1v) is 7.03. The van der Waals surface area contributed by atoms with Crippen molar-refractivity contribution in [2.45, 2.75) is 25.8 Å². The highest BCUT2D eigenvalue weighted by Gasteiger charge is 2.17. The molecule has 0 bridgehead atoms. The lowest BCUT2D eigenvalue weighted by molar-refractivity contribution is -0.138. The number of aliphatic carboxylic acids is 1. The minimum absolute atomic E-state index is 0.00207. The van der Waals surface area contributed by atoms with Crippen LogP contribution in [0.1, 0.15) is 19.8 Å². The standard InChI is InChI=1S/C11H20N2O3S/c1-8(4-11(15)16)6-13-10(14)5-9-7-17-3-2-12-9/h8-9,12H,2-7H2,1H3,(H,13,14)(H,15,16). The molecule has 1 aliphatic heterocycles. The molecule has 0 aromatic heterocycles. The van der Waals surface area contributed by atoms with Crippen LogP contribution in [-0.4, -0.2) is 47.6 Å². The van der Waals surface area contributed by atoms with Crippen molar-refractivity contribution in [3.63, 3.8) is 0 Å². The third-order valence-corrected chi connectivity index (χ3v) is 3.73. The van der Waals surface area contributed by atoms with Crippen LogP contribution in [0, 0.1) is 5.92 Å². The van der Waals surface area contributed by atoms with Gasteiger partial charge in [-0.2, -0.15) is 11.8 Å². The molecule has 0 aromatic carbocycles. The van der Waals surface area contributed by atoms with E-state index in [9.17, 15) is 9.59 Å². The van der Waals surface area contributed by atoms with Crippen molar-refractivity contribution in [2.24, 2.45) is 5.92 Å². The van der Waals surface area contributed by atoms with Crippen LogP contribution >= 0.6 is 11.8 Å². The van der Waals surface area contributed by atoms with E-state index in [-0.39, 0.29) is 24.3 Å². The van der Waals surface area contributed by atoms with E-state index in [1.54, 1.807) is 0 Å². The van der Waals surface area contributed by atoms with Gasteiger partial charge in [0.15, 0.2) is 0 Å². The van der Waals surface area contributed by atoms with E-state index in [2.05, 4.69) is 10.6 Å². The van der Waals surface area contributed by atoms with Gasteiger partial charge >= 0.3 is 5.97 Å². The van der Waals surface area contributed by atoms with Crippen LogP contribution in [0.25, 0.3) is 0 Å². The SMILES string of the molecule is CC(CNC(=O)CC1CSCCN1)CC(=O)O. The van der Waals surface area contributed by atoms with Crippen molar-refractivity contribution < 1.29 is 14.7 Å². The second-order valence-corrected chi connectivity index (χ2v) is 5.59. The van der Waals surface area contributed by atoms with Crippen molar-refractivity contribution in [2.75, 3.05) is 24.6 Å². The topological polar surface area (TPSA) is 78.4 Å². The number of carboxylic acid groups (broad SMARTS) is 1. The molecule has 17 heavy (non-hydrogen) atoms. The van der Waals surface area contributed by atoms with Gasteiger partial charge in [-0.05, 0) is 5.92 Å². The minimum atomic E-state index is -0.822. The Balaban J connectivity index is 2.13. The first-order valence-electron chi connectivity index (χ1n) is 5.87. The summed E-state index contributed by atoms with van der Waals surface area (Å²) in [7, 11) is 0. The van der Waals surface area contributed by atoms with Gasteiger partial charge < -0.3 is 15.7 Å². The average Bonchev–Trinajstić information content (AvgIpc) is 2.27. The number of carbonyl (C=O) groups is 2. The van der Waals surface area contributed by atoms with Crippen LogP contribution in [0.3, 0.4) is 0 Å². The highest BCUT2D eigenvalue weighted by Crippen LogP contribution is 2.10. The van der Waals surface area contributed by atoms with Crippen LogP contribution < -0.4 is 10.6 Å². The van der Waals surface area contributed by atoms with E-state index in [1.807, 2.05) is 18.7 Å². The largest absolute Gasteiger partial charge is 0.481 e. The molecular formula is C11H20N2O3S. The van der Waals surface area contributed by atoms with E-state index >= 15 is 0 Å². The number of carbonyl (C=O) groups excluding carboxylic acids is 1. The van der Waals surface area contributed by atoms with Crippen LogP contribution in [0.15, 0.2) is 0 Å². The summed E-state index contributed by atoms with van der Waals surface area (Å²) in [6.07, 6.45) is 0.574. The van der Waals surface area contributed by atoms with Gasteiger partial charge in [-0.25, -0.2) is 0 Å². The summed E-state index contributed by atoms with van der Waals surface area (Å²) in [4.78, 5) is 22.0. The number of hydrogen-bond acceptors (Lipinski definition) is 4. The molecule has 2 unspecified atom stereocenters. The molecule has 1 heterocycles. The molecule has 0 aliphatic carbocycles. The maximum Gasteiger partial charge on any atom is 0.303 e. The zero-order valence-corrected chi connectivity index (χ0v) is 10.9. The van der Waals surface area contributed by atoms with Gasteiger partial charge in [-0.3, -0.25) is 9.59 Å². The Bertz CT molecular complexity index is 267. The number of carboxylic acids is 1. The third-order valence-electron chi connectivity index (χ3n) is 2.60. The second-order valence-electron chi connectivity index (χ2n) is 4.44. The van der Waals surface area contributed by atoms with Crippen LogP contribution in [0.2, 0.25) is 0 Å². The highest BCUT2D eigenvalue weighted by molar-refractivity contribution is 7.99. The van der Waals surface area contributed by atoms with Crippen molar-refractivity contribution in [3.05, 3.63) is 0 Å². The maximum absolute atomic E-state index is 11.6. The molecule has 1 fully saturated rings. The monoisotopic (exact) mass is 260 g/mol. The third kappa shape index (κ3) is 6.53. The molecule has 1 aliphatic rings. The highest BCUT2D eigenvalue weighted by atomic mass is 32.2. The zero-order valence-electron chi connectivity index (χ0n) is 10.1. The Kier molecular flexibility index (Phi) is 6.36. The fourth-order valence-electron chi connectivity index (χ4n) is 1.71. The zero-order chi connectivity index (χ0) is 12.7. The van der Waals surface area contributed by atoms with Gasteiger partial charge in [0.2, 0.25) is 5.91 Å². The number of rotatable bonds is 6. The molecule has 1 saturated heterocycles. The van der Waals surface area contributed by atoms with E-state index in [1.165, 1.54) is 0 Å². The second kappa shape index (κ2) is 7.55. The summed E-state index contributed by atoms with van der Waals surface area (Å²) in [5.74, 6) is 1.23. The van der Waals surface area contributed by atoms with Gasteiger partial charge in [-0.15, -0.1) is 0 Å². The lowest BCUT2D eigenvalue weighted by atomic mass is 10.1. The van der Waals surface area contributed by atoms with Crippen LogP contribution in [0.4, 0.5) is 0 Å². The maximum atomic E-state index is 11.6. The van der Waals surface area contributed by atoms with E-state index in [0.717, 1.165) is 18.1 Å². The Morgan fingerprint density at radius 1 is 1.59 bits per heavy atom. The van der Waals surface area contributed by atoms with Crippen molar-refractivity contribution in [1.82, 2.24) is 10.6 Å². The lowest BCUT2D eigenvalue weighted by Crippen LogP contribution is -2.42. The van der Waals surface area contributed by atoms with Crippen molar-refractivity contribution in [1.29, 1.82) is 0 Å². The molecule has 0 aromatic rings. The van der Waals surface area contributed by atoms with E-state index in [4.69, 9.17) is 5.11 Å². The first kappa shape index (κ1) is 14.3. The Labute approximate surface area is 106 Å². The molecule has 0 radical (unpaired) electrons. The fraction of sp³-hybridized carbons (Fsp3) is 0.818. The van der Waals surface area contributed by atoms with Crippen LogP contribution in [-0.2, 0) is 9.59 Å². The summed E-state index contributed by atoms with van der Waals surface area (Å²) in [5, 5.41) is 14.7. The summed E-state index contributed by atoms with van der Waals surface area (Å²) in [6.45, 7) is 3.21. The van der Waals surface area contributed by atoms with E-state index < -0.39 is 5.97 Å². The Morgan fingerprint density at radius 2 is 2.35 bits per heavy atom. The van der Waals surface area contributed by atoms with Crippen molar-refractivity contribution >= 4 is 23.6 Å². The average molecular weight is 260 g/mol. The van der Waals surface area contributed by atoms with Gasteiger partial charge in [0.05, 0.1) is 0 Å². The number of nitrogens with one attached hydrogen (secondary N) is 2. The minimum Gasteiger partial charge on any atom is -0.481 e. The summed E-state index contributed by atoms with van der Waals surface area (Å²) < 4.78 is 0. The summed E-state index contributed by atoms with van der Waals surface area (Å²) >= 11 is 1.86. The van der Waals surface area contributed by atoms with Gasteiger partial charge in [0, 0.05) is 43.5 Å². The molecular weight excluding hydrogens is 240 g/mol. The molecule has 5 nitrogen and oxygen atoms in total. The number of hydrogen-bond donors (Lipinski definition) is 3. The van der Waals surface area contributed by atoms with Gasteiger partial charge in [0.1, 0.15) is 0 Å². The fourth-order valence-corrected chi connectivity index (χ4v) is 2.65. The van der Waals surface area contributed by atoms with Crippen molar-refractivity contribution in [3.8, 4) is 0 Å². The molecule has 3 N–H and O–H groups in total. The summed E-state index contributed by atoms with van der Waals surface area (Å²) in [6, 6.07) is 0.253. The normalized spacial score (nSPS) is 21.8. The van der Waals surface area contributed by atoms with E-state index in [0.29, 0.717) is 13.0 Å². The lowest BCUT2D eigenvalue weighted by Gasteiger charge is -2.22. The molecule has 1 rings (SSSR count). The first-order chi connectivity index (χ1) is 8.08. The Morgan fingerprint density at radius 3 is 2.94 bits per heavy atom. The molecule has 1 amide bonds. The molecule has 2 atom stereocenters. The molecule has 98 valence electrons. The smallest absolute Gasteiger partial charge is 0.303 e. The number of amides is 1. The van der Waals surface area contributed by atoms with Gasteiger partial charge in [0.25, 0.3) is 0 Å². The van der Waals surface area contributed by atoms with Crippen LogP contribution in [0.5, 0.6) is 0 Å². The molecule has 0 saturated carbocycles. The molecule has 6 heteroatoms. The van der Waals surface area contributed by atoms with Gasteiger partial charge in [-0.1, -0.05) is 6.92 Å². The predicted octanol–water partition coefficient (Wildman–Crippen LogP) is 0.309. The predicted molar refractivity (Wildman–Crippen MR) is 68.2 cm³/mol. The summed E-state index contributed by atoms with van der Waals surface area (Å²) in [5.41, 5.74) is 0. The molecule has 0 spiro atoms.